The van der Waals surface area contributed by atoms with Crippen molar-refractivity contribution in [2.45, 2.75) is 19.3 Å². The number of anilines is 2. The van der Waals surface area contributed by atoms with Gasteiger partial charge in [0.25, 0.3) is 0 Å². The molecular formula is C17H20N4O. The lowest BCUT2D eigenvalue weighted by Crippen LogP contribution is -2.29. The second kappa shape index (κ2) is 6.13. The number of carbonyl (C=O) groups is 1. The summed E-state index contributed by atoms with van der Waals surface area (Å²) in [5.41, 5.74) is 2.42. The zero-order valence-corrected chi connectivity index (χ0v) is 12.9. The van der Waals surface area contributed by atoms with Gasteiger partial charge in [0.15, 0.2) is 5.82 Å². The molecule has 0 radical (unpaired) electrons. The molecule has 0 atom stereocenters. The molecule has 3 rings (SSSR count). The Morgan fingerprint density at radius 3 is 2.50 bits per heavy atom. The molecule has 0 spiro atoms. The topological polar surface area (TPSA) is 58.1 Å². The molecule has 1 aromatic carbocycles. The number of nitrogens with zero attached hydrogens (tertiary/aromatic N) is 3. The first-order valence-corrected chi connectivity index (χ1v) is 7.55. The number of rotatable bonds is 4. The van der Waals surface area contributed by atoms with Crippen LogP contribution in [0.1, 0.15) is 19.3 Å². The Balaban J connectivity index is 2.01. The Kier molecular flexibility index (Phi) is 4.04. The van der Waals surface area contributed by atoms with Gasteiger partial charge in [0.1, 0.15) is 12.0 Å². The van der Waals surface area contributed by atoms with E-state index in [1.807, 2.05) is 49.3 Å². The van der Waals surface area contributed by atoms with Crippen LogP contribution in [0.25, 0.3) is 11.3 Å². The molecule has 1 aliphatic rings. The summed E-state index contributed by atoms with van der Waals surface area (Å²) in [6.45, 7) is 0. The molecule has 1 amide bonds. The van der Waals surface area contributed by atoms with E-state index in [2.05, 4.69) is 15.3 Å². The fraction of sp³-hybridized carbons (Fsp3) is 0.353. The average Bonchev–Trinajstić information content (AvgIpc) is 2.46. The Morgan fingerprint density at radius 1 is 1.18 bits per heavy atom. The van der Waals surface area contributed by atoms with Crippen molar-refractivity contribution in [3.63, 3.8) is 0 Å². The van der Waals surface area contributed by atoms with E-state index in [4.69, 9.17) is 0 Å². The lowest BCUT2D eigenvalue weighted by molar-refractivity contribution is -0.122. The first-order valence-electron chi connectivity index (χ1n) is 7.55. The third-order valence-electron chi connectivity index (χ3n) is 4.02. The molecule has 1 aliphatic carbocycles. The normalized spacial score (nSPS) is 14.3. The zero-order valence-electron chi connectivity index (χ0n) is 12.9. The minimum Gasteiger partial charge on any atom is -0.361 e. The van der Waals surface area contributed by atoms with Crippen LogP contribution in [0, 0.1) is 5.92 Å². The van der Waals surface area contributed by atoms with Gasteiger partial charge in [-0.2, -0.15) is 0 Å². The highest BCUT2D eigenvalue weighted by molar-refractivity contribution is 5.99. The summed E-state index contributed by atoms with van der Waals surface area (Å²) in [7, 11) is 3.83. The fourth-order valence-electron chi connectivity index (χ4n) is 2.54. The highest BCUT2D eigenvalue weighted by Gasteiger charge is 2.27. The molecule has 114 valence electrons. The molecule has 22 heavy (non-hydrogen) atoms. The van der Waals surface area contributed by atoms with Crippen LogP contribution in [0.4, 0.5) is 11.5 Å². The van der Waals surface area contributed by atoms with Crippen molar-refractivity contribution in [3.05, 3.63) is 36.7 Å². The van der Waals surface area contributed by atoms with E-state index >= 15 is 0 Å². The molecule has 5 nitrogen and oxygen atoms in total. The number of aromatic nitrogens is 2. The van der Waals surface area contributed by atoms with E-state index in [-0.39, 0.29) is 11.8 Å². The van der Waals surface area contributed by atoms with Gasteiger partial charge in [-0.25, -0.2) is 9.97 Å². The average molecular weight is 296 g/mol. The summed E-state index contributed by atoms with van der Waals surface area (Å²) in [6, 6.07) is 9.86. The van der Waals surface area contributed by atoms with E-state index in [1.54, 1.807) is 0 Å². The largest absolute Gasteiger partial charge is 0.361 e. The predicted molar refractivity (Wildman–Crippen MR) is 87.8 cm³/mol. The van der Waals surface area contributed by atoms with Crippen molar-refractivity contribution >= 4 is 17.4 Å². The zero-order chi connectivity index (χ0) is 15.5. The van der Waals surface area contributed by atoms with Gasteiger partial charge in [-0.05, 0) is 12.8 Å². The van der Waals surface area contributed by atoms with Crippen LogP contribution in [-0.4, -0.2) is 30.0 Å². The van der Waals surface area contributed by atoms with Gasteiger partial charge in [-0.1, -0.05) is 36.8 Å². The number of amides is 1. The molecule has 1 aromatic heterocycles. The Hall–Kier alpha value is -2.43. The van der Waals surface area contributed by atoms with Crippen molar-refractivity contribution in [1.29, 1.82) is 0 Å². The van der Waals surface area contributed by atoms with Crippen LogP contribution in [-0.2, 0) is 4.79 Å². The fourth-order valence-corrected chi connectivity index (χ4v) is 2.54. The van der Waals surface area contributed by atoms with Gasteiger partial charge in [0.2, 0.25) is 5.91 Å². The molecule has 1 saturated carbocycles. The van der Waals surface area contributed by atoms with Crippen LogP contribution in [0.15, 0.2) is 36.7 Å². The van der Waals surface area contributed by atoms with Gasteiger partial charge >= 0.3 is 0 Å². The second-order valence-electron chi connectivity index (χ2n) is 5.80. The van der Waals surface area contributed by atoms with Gasteiger partial charge in [-0.3, -0.25) is 4.79 Å². The van der Waals surface area contributed by atoms with Gasteiger partial charge in [0.05, 0.1) is 5.69 Å². The summed E-state index contributed by atoms with van der Waals surface area (Å²) in [5, 5.41) is 3.06. The predicted octanol–water partition coefficient (Wildman–Crippen LogP) is 2.95. The number of hydrogen-bond donors (Lipinski definition) is 1. The lowest BCUT2D eigenvalue weighted by Gasteiger charge is -2.26. The van der Waals surface area contributed by atoms with E-state index in [0.29, 0.717) is 5.69 Å². The molecular weight excluding hydrogens is 276 g/mol. The smallest absolute Gasteiger partial charge is 0.227 e. The van der Waals surface area contributed by atoms with E-state index in [1.165, 1.54) is 6.33 Å². The van der Waals surface area contributed by atoms with Crippen molar-refractivity contribution in [1.82, 2.24) is 9.97 Å². The van der Waals surface area contributed by atoms with Crippen molar-refractivity contribution in [2.75, 3.05) is 24.3 Å². The molecule has 0 saturated heterocycles. The summed E-state index contributed by atoms with van der Waals surface area (Å²) < 4.78 is 0. The summed E-state index contributed by atoms with van der Waals surface area (Å²) in [5.74, 6) is 0.918. The van der Waals surface area contributed by atoms with Crippen LogP contribution in [0.2, 0.25) is 0 Å². The van der Waals surface area contributed by atoms with Gasteiger partial charge in [0, 0.05) is 25.6 Å². The molecule has 0 bridgehead atoms. The van der Waals surface area contributed by atoms with E-state index < -0.39 is 0 Å². The SMILES string of the molecule is CN(C)c1ncnc(-c2ccccc2)c1NC(=O)C1CCC1. The van der Waals surface area contributed by atoms with Crippen LogP contribution >= 0.6 is 0 Å². The van der Waals surface area contributed by atoms with Gasteiger partial charge in [-0.15, -0.1) is 0 Å². The molecule has 5 heteroatoms. The van der Waals surface area contributed by atoms with E-state index in [9.17, 15) is 4.79 Å². The van der Waals surface area contributed by atoms with Crippen molar-refractivity contribution in [2.24, 2.45) is 5.92 Å². The number of hydrogen-bond acceptors (Lipinski definition) is 4. The third-order valence-corrected chi connectivity index (χ3v) is 4.02. The molecule has 0 unspecified atom stereocenters. The highest BCUT2D eigenvalue weighted by Crippen LogP contribution is 2.34. The first kappa shape index (κ1) is 14.5. The quantitative estimate of drug-likeness (QED) is 0.942. The summed E-state index contributed by atoms with van der Waals surface area (Å²) in [6.07, 6.45) is 4.61. The molecule has 1 N–H and O–H groups in total. The maximum Gasteiger partial charge on any atom is 0.227 e. The summed E-state index contributed by atoms with van der Waals surface area (Å²) in [4.78, 5) is 23.0. The minimum absolute atomic E-state index is 0.0707. The maximum atomic E-state index is 12.4. The molecule has 1 fully saturated rings. The maximum absolute atomic E-state index is 12.4. The third kappa shape index (κ3) is 2.79. The van der Waals surface area contributed by atoms with E-state index in [0.717, 1.165) is 36.3 Å². The molecule has 0 aliphatic heterocycles. The highest BCUT2D eigenvalue weighted by atomic mass is 16.1. The van der Waals surface area contributed by atoms with Crippen molar-refractivity contribution in [3.8, 4) is 11.3 Å². The van der Waals surface area contributed by atoms with Crippen LogP contribution in [0.5, 0.6) is 0 Å². The van der Waals surface area contributed by atoms with Crippen molar-refractivity contribution < 1.29 is 4.79 Å². The molecule has 1 heterocycles. The second-order valence-corrected chi connectivity index (χ2v) is 5.80. The Bertz CT molecular complexity index is 666. The first-order chi connectivity index (χ1) is 10.7. The van der Waals surface area contributed by atoms with Crippen LogP contribution < -0.4 is 10.2 Å². The number of carbonyl (C=O) groups excluding carboxylic acids is 1. The number of benzene rings is 1. The number of nitrogens with one attached hydrogen (secondary N) is 1. The van der Waals surface area contributed by atoms with Crippen LogP contribution in [0.3, 0.4) is 0 Å². The molecule has 2 aromatic rings. The van der Waals surface area contributed by atoms with Gasteiger partial charge < -0.3 is 10.2 Å². The monoisotopic (exact) mass is 296 g/mol. The minimum atomic E-state index is 0.0707. The standard InChI is InChI=1S/C17H20N4O/c1-21(2)16-15(20-17(22)13-9-6-10-13)14(18-11-19-16)12-7-4-3-5-8-12/h3-5,7-8,11,13H,6,9-10H2,1-2H3,(H,20,22). The Labute approximate surface area is 130 Å². The lowest BCUT2D eigenvalue weighted by atomic mass is 9.85. The summed E-state index contributed by atoms with van der Waals surface area (Å²) >= 11 is 0. The Morgan fingerprint density at radius 2 is 1.91 bits per heavy atom.